The van der Waals surface area contributed by atoms with Gasteiger partial charge in [0.2, 0.25) is 5.78 Å². The van der Waals surface area contributed by atoms with Crippen LogP contribution in [-0.2, 0) is 0 Å². The summed E-state index contributed by atoms with van der Waals surface area (Å²) in [7, 11) is 0. The SMILES string of the molecule is CC(C)c1ccccc1OCC(=O)c1ccco1. The van der Waals surface area contributed by atoms with Gasteiger partial charge in [-0.2, -0.15) is 0 Å². The average Bonchev–Trinajstić information content (AvgIpc) is 2.90. The zero-order valence-electron chi connectivity index (χ0n) is 10.6. The maximum Gasteiger partial charge on any atom is 0.235 e. The number of hydrogen-bond acceptors (Lipinski definition) is 3. The van der Waals surface area contributed by atoms with E-state index >= 15 is 0 Å². The van der Waals surface area contributed by atoms with Crippen molar-refractivity contribution in [1.29, 1.82) is 0 Å². The van der Waals surface area contributed by atoms with E-state index in [1.54, 1.807) is 12.1 Å². The summed E-state index contributed by atoms with van der Waals surface area (Å²) < 4.78 is 10.6. The molecule has 0 radical (unpaired) electrons. The Morgan fingerprint density at radius 3 is 2.67 bits per heavy atom. The second kappa shape index (κ2) is 5.54. The number of ketones is 1. The van der Waals surface area contributed by atoms with Crippen molar-refractivity contribution in [2.24, 2.45) is 0 Å². The van der Waals surface area contributed by atoms with Crippen LogP contribution >= 0.6 is 0 Å². The Balaban J connectivity index is 2.04. The topological polar surface area (TPSA) is 39.4 Å². The first-order chi connectivity index (χ1) is 8.68. The maximum atomic E-state index is 11.7. The van der Waals surface area contributed by atoms with Gasteiger partial charge in [0.1, 0.15) is 5.75 Å². The van der Waals surface area contributed by atoms with Crippen molar-refractivity contribution in [3.63, 3.8) is 0 Å². The fourth-order valence-electron chi connectivity index (χ4n) is 1.74. The lowest BCUT2D eigenvalue weighted by Gasteiger charge is -2.12. The molecule has 3 heteroatoms. The van der Waals surface area contributed by atoms with E-state index in [2.05, 4.69) is 13.8 Å². The standard InChI is InChI=1S/C15H16O3/c1-11(2)12-6-3-4-7-14(12)18-10-13(16)15-8-5-9-17-15/h3-9,11H,10H2,1-2H3. The summed E-state index contributed by atoms with van der Waals surface area (Å²) in [4.78, 5) is 11.7. The van der Waals surface area contributed by atoms with E-state index in [0.717, 1.165) is 11.3 Å². The van der Waals surface area contributed by atoms with E-state index in [4.69, 9.17) is 9.15 Å². The van der Waals surface area contributed by atoms with Crippen LogP contribution in [0.1, 0.15) is 35.9 Å². The summed E-state index contributed by atoms with van der Waals surface area (Å²) in [5.41, 5.74) is 1.10. The molecule has 0 atom stereocenters. The lowest BCUT2D eigenvalue weighted by atomic mass is 10.0. The first kappa shape index (κ1) is 12.4. The number of para-hydroxylation sites is 1. The molecular weight excluding hydrogens is 228 g/mol. The van der Waals surface area contributed by atoms with Crippen LogP contribution in [0.25, 0.3) is 0 Å². The van der Waals surface area contributed by atoms with Gasteiger partial charge < -0.3 is 9.15 Å². The molecule has 0 amide bonds. The molecule has 0 saturated carbocycles. The number of furan rings is 1. The van der Waals surface area contributed by atoms with Crippen LogP contribution in [0, 0.1) is 0 Å². The van der Waals surface area contributed by atoms with E-state index in [0.29, 0.717) is 11.7 Å². The molecular formula is C15H16O3. The maximum absolute atomic E-state index is 11.7. The van der Waals surface area contributed by atoms with Crippen LogP contribution in [0.15, 0.2) is 47.1 Å². The van der Waals surface area contributed by atoms with Gasteiger partial charge in [0.15, 0.2) is 12.4 Å². The van der Waals surface area contributed by atoms with Crippen molar-refractivity contribution < 1.29 is 13.9 Å². The Hall–Kier alpha value is -2.03. The molecule has 0 saturated heterocycles. The first-order valence-corrected chi connectivity index (χ1v) is 5.97. The van der Waals surface area contributed by atoms with Crippen molar-refractivity contribution in [2.45, 2.75) is 19.8 Å². The fraction of sp³-hybridized carbons (Fsp3) is 0.267. The normalized spacial score (nSPS) is 10.6. The van der Waals surface area contributed by atoms with Crippen LogP contribution in [0.5, 0.6) is 5.75 Å². The van der Waals surface area contributed by atoms with Gasteiger partial charge in [-0.1, -0.05) is 32.0 Å². The minimum atomic E-state index is -0.154. The van der Waals surface area contributed by atoms with Crippen LogP contribution < -0.4 is 4.74 Å². The molecule has 1 heterocycles. The zero-order valence-corrected chi connectivity index (χ0v) is 10.6. The Kier molecular flexibility index (Phi) is 3.82. The van der Waals surface area contributed by atoms with Gasteiger partial charge in [0, 0.05) is 0 Å². The van der Waals surface area contributed by atoms with E-state index in [9.17, 15) is 4.79 Å². The molecule has 0 aliphatic carbocycles. The third kappa shape index (κ3) is 2.80. The minimum absolute atomic E-state index is 0.00273. The van der Waals surface area contributed by atoms with E-state index in [1.807, 2.05) is 24.3 Å². The number of rotatable bonds is 5. The monoisotopic (exact) mass is 244 g/mol. The molecule has 1 aromatic carbocycles. The molecule has 94 valence electrons. The highest BCUT2D eigenvalue weighted by Crippen LogP contribution is 2.25. The third-order valence-corrected chi connectivity index (χ3v) is 2.70. The van der Waals surface area contributed by atoms with E-state index in [-0.39, 0.29) is 12.4 Å². The van der Waals surface area contributed by atoms with Gasteiger partial charge in [-0.15, -0.1) is 0 Å². The van der Waals surface area contributed by atoms with Crippen LogP contribution in [0.3, 0.4) is 0 Å². The third-order valence-electron chi connectivity index (χ3n) is 2.70. The predicted molar refractivity (Wildman–Crippen MR) is 69.1 cm³/mol. The van der Waals surface area contributed by atoms with Gasteiger partial charge in [0.25, 0.3) is 0 Å². The summed E-state index contributed by atoms with van der Waals surface area (Å²) in [6, 6.07) is 11.1. The molecule has 0 aliphatic heterocycles. The molecule has 0 unspecified atom stereocenters. The van der Waals surface area contributed by atoms with Crippen LogP contribution in [0.4, 0.5) is 0 Å². The molecule has 18 heavy (non-hydrogen) atoms. The van der Waals surface area contributed by atoms with Crippen molar-refractivity contribution in [3.05, 3.63) is 54.0 Å². The highest BCUT2D eigenvalue weighted by molar-refractivity contribution is 5.94. The van der Waals surface area contributed by atoms with E-state index < -0.39 is 0 Å². The number of hydrogen-bond donors (Lipinski definition) is 0. The summed E-state index contributed by atoms with van der Waals surface area (Å²) in [6.07, 6.45) is 1.48. The molecule has 0 aliphatic rings. The van der Waals surface area contributed by atoms with Gasteiger partial charge >= 0.3 is 0 Å². The largest absolute Gasteiger partial charge is 0.485 e. The van der Waals surface area contributed by atoms with Gasteiger partial charge in [-0.3, -0.25) is 4.79 Å². The van der Waals surface area contributed by atoms with Crippen molar-refractivity contribution in [1.82, 2.24) is 0 Å². The lowest BCUT2D eigenvalue weighted by molar-refractivity contribution is 0.0893. The highest BCUT2D eigenvalue weighted by Gasteiger charge is 2.12. The second-order valence-electron chi connectivity index (χ2n) is 4.38. The molecule has 0 N–H and O–H groups in total. The number of ether oxygens (including phenoxy) is 1. The Bertz CT molecular complexity index is 512. The highest BCUT2D eigenvalue weighted by atomic mass is 16.5. The summed E-state index contributed by atoms with van der Waals surface area (Å²) in [5.74, 6) is 1.29. The number of carbonyl (C=O) groups is 1. The fourth-order valence-corrected chi connectivity index (χ4v) is 1.74. The number of carbonyl (C=O) groups excluding carboxylic acids is 1. The van der Waals surface area contributed by atoms with Gasteiger partial charge in [0.05, 0.1) is 6.26 Å². The summed E-state index contributed by atoms with van der Waals surface area (Å²) >= 11 is 0. The zero-order chi connectivity index (χ0) is 13.0. The molecule has 2 aromatic rings. The number of Topliss-reactive ketones (excluding diaryl/α,β-unsaturated/α-hetero) is 1. The molecule has 3 nitrogen and oxygen atoms in total. The van der Waals surface area contributed by atoms with Crippen LogP contribution in [-0.4, -0.2) is 12.4 Å². The van der Waals surface area contributed by atoms with E-state index in [1.165, 1.54) is 6.26 Å². The second-order valence-corrected chi connectivity index (χ2v) is 4.38. The lowest BCUT2D eigenvalue weighted by Crippen LogP contribution is -2.11. The first-order valence-electron chi connectivity index (χ1n) is 5.97. The number of benzene rings is 1. The minimum Gasteiger partial charge on any atom is -0.485 e. The smallest absolute Gasteiger partial charge is 0.235 e. The Morgan fingerprint density at radius 1 is 1.22 bits per heavy atom. The van der Waals surface area contributed by atoms with Crippen molar-refractivity contribution >= 4 is 5.78 Å². The quantitative estimate of drug-likeness (QED) is 0.753. The Morgan fingerprint density at radius 2 is 2.00 bits per heavy atom. The van der Waals surface area contributed by atoms with Crippen LogP contribution in [0.2, 0.25) is 0 Å². The Labute approximate surface area is 106 Å². The predicted octanol–water partition coefficient (Wildman–Crippen LogP) is 3.66. The summed E-state index contributed by atoms with van der Waals surface area (Å²) in [6.45, 7) is 4.18. The van der Waals surface area contributed by atoms with Gasteiger partial charge in [-0.05, 0) is 29.7 Å². The van der Waals surface area contributed by atoms with Gasteiger partial charge in [-0.25, -0.2) is 0 Å². The molecule has 2 rings (SSSR count). The molecule has 0 spiro atoms. The molecule has 1 aromatic heterocycles. The van der Waals surface area contributed by atoms with Crippen molar-refractivity contribution in [3.8, 4) is 5.75 Å². The average molecular weight is 244 g/mol. The molecule has 0 fully saturated rings. The van der Waals surface area contributed by atoms with Crippen molar-refractivity contribution in [2.75, 3.05) is 6.61 Å². The molecule has 0 bridgehead atoms. The summed E-state index contributed by atoms with van der Waals surface area (Å²) in [5, 5.41) is 0.